The summed E-state index contributed by atoms with van der Waals surface area (Å²) in [6.45, 7) is 0. The third-order valence-electron chi connectivity index (χ3n) is 3.40. The first kappa shape index (κ1) is 15.8. The van der Waals surface area contributed by atoms with E-state index in [9.17, 15) is 18.1 Å². The van der Waals surface area contributed by atoms with Gasteiger partial charge in [0.1, 0.15) is 11.9 Å². The Balaban J connectivity index is 1.98. The van der Waals surface area contributed by atoms with Gasteiger partial charge < -0.3 is 4.98 Å². The second kappa shape index (κ2) is 6.18. The molecule has 1 aromatic heterocycles. The van der Waals surface area contributed by atoms with Gasteiger partial charge in [0.05, 0.1) is 0 Å². The molecule has 0 atom stereocenters. The van der Waals surface area contributed by atoms with Crippen molar-refractivity contribution in [2.75, 3.05) is 4.72 Å². The summed E-state index contributed by atoms with van der Waals surface area (Å²) in [6.07, 6.45) is 2.93. The van der Waals surface area contributed by atoms with E-state index in [0.29, 0.717) is 5.56 Å². The molecule has 0 amide bonds. The summed E-state index contributed by atoms with van der Waals surface area (Å²) in [7, 11) is -4.07. The first-order valence-electron chi connectivity index (χ1n) is 6.96. The number of aromatic amines is 1. The van der Waals surface area contributed by atoms with Gasteiger partial charge in [0.25, 0.3) is 10.0 Å². The van der Waals surface area contributed by atoms with Crippen molar-refractivity contribution in [3.05, 3.63) is 71.0 Å². The molecule has 3 aromatic rings. The van der Waals surface area contributed by atoms with Crippen LogP contribution in [0.25, 0.3) is 17.0 Å². The molecule has 0 radical (unpaired) electrons. The van der Waals surface area contributed by atoms with Crippen LogP contribution in [0.1, 0.15) is 5.56 Å². The van der Waals surface area contributed by atoms with Crippen molar-refractivity contribution in [1.82, 2.24) is 4.98 Å². The Morgan fingerprint density at radius 1 is 1.17 bits per heavy atom. The molecule has 0 aliphatic rings. The number of halogens is 1. The van der Waals surface area contributed by atoms with E-state index in [4.69, 9.17) is 0 Å². The lowest BCUT2D eigenvalue weighted by Crippen LogP contribution is -2.14. The van der Waals surface area contributed by atoms with Gasteiger partial charge in [-0.2, -0.15) is 5.26 Å². The van der Waals surface area contributed by atoms with E-state index >= 15 is 0 Å². The molecule has 24 heavy (non-hydrogen) atoms. The smallest absolute Gasteiger partial charge is 0.272 e. The zero-order valence-corrected chi connectivity index (χ0v) is 13.1. The molecule has 120 valence electrons. The van der Waals surface area contributed by atoms with E-state index in [1.54, 1.807) is 12.3 Å². The highest BCUT2D eigenvalue weighted by Gasteiger charge is 2.18. The van der Waals surface area contributed by atoms with E-state index in [1.807, 2.05) is 24.3 Å². The number of anilines is 1. The molecule has 3 rings (SSSR count). The minimum absolute atomic E-state index is 0.177. The minimum atomic E-state index is -4.07. The molecule has 1 heterocycles. The number of nitrogens with one attached hydrogen (secondary N) is 2. The lowest BCUT2D eigenvalue weighted by Gasteiger charge is -2.06. The summed E-state index contributed by atoms with van der Waals surface area (Å²) in [5.41, 5.74) is 1.60. The monoisotopic (exact) mass is 341 g/mol. The molecule has 5 nitrogen and oxygen atoms in total. The Morgan fingerprint density at radius 2 is 1.88 bits per heavy atom. The summed E-state index contributed by atoms with van der Waals surface area (Å²) >= 11 is 0. The minimum Gasteiger partial charge on any atom is -0.361 e. The zero-order chi connectivity index (χ0) is 17.2. The third kappa shape index (κ3) is 3.14. The van der Waals surface area contributed by atoms with Gasteiger partial charge in [0.15, 0.2) is 4.91 Å². The number of hydrogen-bond donors (Lipinski definition) is 2. The summed E-state index contributed by atoms with van der Waals surface area (Å²) in [5.74, 6) is -0.479. The molecular formula is C17H12FN3O2S. The predicted molar refractivity (Wildman–Crippen MR) is 90.8 cm³/mol. The SMILES string of the molecule is N#CC(=Cc1c[nH]c2ccccc12)S(=O)(=O)Nc1ccc(F)cc1. The fraction of sp³-hybridized carbons (Fsp3) is 0. The summed E-state index contributed by atoms with van der Waals surface area (Å²) in [4.78, 5) is 2.58. The van der Waals surface area contributed by atoms with E-state index in [0.717, 1.165) is 23.0 Å². The van der Waals surface area contributed by atoms with Crippen molar-refractivity contribution in [2.24, 2.45) is 0 Å². The van der Waals surface area contributed by atoms with Crippen LogP contribution in [0.4, 0.5) is 10.1 Å². The molecule has 0 fully saturated rings. The van der Waals surface area contributed by atoms with Crippen LogP contribution < -0.4 is 4.72 Å². The summed E-state index contributed by atoms with van der Waals surface area (Å²) in [5, 5.41) is 10.1. The molecule has 0 aliphatic heterocycles. The van der Waals surface area contributed by atoms with Gasteiger partial charge in [-0.25, -0.2) is 12.8 Å². The first-order chi connectivity index (χ1) is 11.5. The number of H-pyrrole nitrogens is 1. The molecular weight excluding hydrogens is 329 g/mol. The summed E-state index contributed by atoms with van der Waals surface area (Å²) < 4.78 is 39.9. The Hall–Kier alpha value is -3.11. The van der Waals surface area contributed by atoms with E-state index in [1.165, 1.54) is 18.2 Å². The van der Waals surface area contributed by atoms with Crippen LogP contribution >= 0.6 is 0 Å². The second-order valence-corrected chi connectivity index (χ2v) is 6.67. The van der Waals surface area contributed by atoms with E-state index in [2.05, 4.69) is 9.71 Å². The third-order valence-corrected chi connectivity index (χ3v) is 4.70. The largest absolute Gasteiger partial charge is 0.361 e. The topological polar surface area (TPSA) is 85.8 Å². The standard InChI is InChI=1S/C17H12FN3O2S/c18-13-5-7-14(8-6-13)21-24(22,23)15(10-19)9-12-11-20-17-4-2-1-3-16(12)17/h1-9,11,20-21H. The normalized spacial score (nSPS) is 12.1. The zero-order valence-electron chi connectivity index (χ0n) is 12.3. The molecule has 2 aromatic carbocycles. The van der Waals surface area contributed by atoms with Crippen LogP contribution in [0.5, 0.6) is 0 Å². The number of benzene rings is 2. The predicted octanol–water partition coefficient (Wildman–Crippen LogP) is 3.61. The number of hydrogen-bond acceptors (Lipinski definition) is 3. The highest BCUT2D eigenvalue weighted by Crippen LogP contribution is 2.22. The van der Waals surface area contributed by atoms with Crippen LogP contribution in [-0.4, -0.2) is 13.4 Å². The maximum atomic E-state index is 12.9. The molecule has 0 saturated carbocycles. The van der Waals surface area contributed by atoms with Crippen LogP contribution in [0, 0.1) is 17.1 Å². The Kier molecular flexibility index (Phi) is 4.06. The molecule has 0 spiro atoms. The highest BCUT2D eigenvalue weighted by atomic mass is 32.2. The van der Waals surface area contributed by atoms with Gasteiger partial charge >= 0.3 is 0 Å². The van der Waals surface area contributed by atoms with Crippen LogP contribution in [-0.2, 0) is 10.0 Å². The second-order valence-electron chi connectivity index (χ2n) is 5.02. The van der Waals surface area contributed by atoms with Crippen LogP contribution in [0.2, 0.25) is 0 Å². The van der Waals surface area contributed by atoms with Crippen molar-refractivity contribution in [2.45, 2.75) is 0 Å². The Bertz CT molecular complexity index is 1060. The van der Waals surface area contributed by atoms with Gasteiger partial charge in [0, 0.05) is 28.4 Å². The fourth-order valence-corrected chi connectivity index (χ4v) is 3.21. The van der Waals surface area contributed by atoms with E-state index < -0.39 is 20.7 Å². The molecule has 0 unspecified atom stereocenters. The van der Waals surface area contributed by atoms with E-state index in [-0.39, 0.29) is 5.69 Å². The number of nitriles is 1. The van der Waals surface area contributed by atoms with Gasteiger partial charge in [-0.05, 0) is 36.4 Å². The number of rotatable bonds is 4. The molecule has 0 bridgehead atoms. The lowest BCUT2D eigenvalue weighted by atomic mass is 10.1. The Morgan fingerprint density at radius 3 is 2.58 bits per heavy atom. The molecule has 0 aliphatic carbocycles. The maximum absolute atomic E-state index is 12.9. The molecule has 2 N–H and O–H groups in total. The lowest BCUT2D eigenvalue weighted by molar-refractivity contribution is 0.608. The number of nitrogens with zero attached hydrogens (tertiary/aromatic N) is 1. The van der Waals surface area contributed by atoms with Gasteiger partial charge in [0.2, 0.25) is 0 Å². The average molecular weight is 341 g/mol. The van der Waals surface area contributed by atoms with Crippen LogP contribution in [0.15, 0.2) is 59.6 Å². The number of para-hydroxylation sites is 1. The van der Waals surface area contributed by atoms with Crippen molar-refractivity contribution in [1.29, 1.82) is 5.26 Å². The van der Waals surface area contributed by atoms with Gasteiger partial charge in [-0.3, -0.25) is 4.72 Å². The number of aromatic nitrogens is 1. The first-order valence-corrected chi connectivity index (χ1v) is 8.44. The maximum Gasteiger partial charge on any atom is 0.272 e. The van der Waals surface area contributed by atoms with Gasteiger partial charge in [-0.1, -0.05) is 18.2 Å². The Labute approximate surface area is 138 Å². The number of sulfonamides is 1. The van der Waals surface area contributed by atoms with Crippen molar-refractivity contribution >= 4 is 32.7 Å². The highest BCUT2D eigenvalue weighted by molar-refractivity contribution is 7.96. The summed E-state index contributed by atoms with van der Waals surface area (Å²) in [6, 6.07) is 13.9. The number of fused-ring (bicyclic) bond motifs is 1. The van der Waals surface area contributed by atoms with Crippen molar-refractivity contribution in [3.8, 4) is 6.07 Å². The molecule has 0 saturated heterocycles. The van der Waals surface area contributed by atoms with Crippen molar-refractivity contribution in [3.63, 3.8) is 0 Å². The average Bonchev–Trinajstić information content (AvgIpc) is 2.97. The van der Waals surface area contributed by atoms with Crippen molar-refractivity contribution < 1.29 is 12.8 Å². The van der Waals surface area contributed by atoms with Crippen LogP contribution in [0.3, 0.4) is 0 Å². The quantitative estimate of drug-likeness (QED) is 0.711. The fourth-order valence-electron chi connectivity index (χ4n) is 2.25. The number of allylic oxidation sites excluding steroid dienone is 1. The molecule has 7 heteroatoms. The van der Waals surface area contributed by atoms with Gasteiger partial charge in [-0.15, -0.1) is 0 Å².